The summed E-state index contributed by atoms with van der Waals surface area (Å²) in [4.78, 5) is 35.6. The summed E-state index contributed by atoms with van der Waals surface area (Å²) in [7, 11) is 0. The number of nitrogens with one attached hydrogen (secondary N) is 3. The number of hydrogen-bond donors (Lipinski definition) is 3. The lowest BCUT2D eigenvalue weighted by Gasteiger charge is -2.32. The fourth-order valence-electron chi connectivity index (χ4n) is 3.03. The summed E-state index contributed by atoms with van der Waals surface area (Å²) >= 11 is 1.59. The maximum atomic E-state index is 12.7. The monoisotopic (exact) mass is 394 g/mol. The van der Waals surface area contributed by atoms with Crippen LogP contribution in [0.1, 0.15) is 36.5 Å². The molecule has 3 N–H and O–H groups in total. The first-order chi connectivity index (χ1) is 12.9. The standard InChI is InChI=1S/C18H26N4O4S/c1-12-15(7-4-9-19-12)20-18(24)16(8-10-27-2)21-17(23)13-5-3-6-14(11-13)22(25)26/h3,5-6,11-12,15-16,19H,4,7-10H2,1-2H3,(H,20,24)(H,21,23). The Morgan fingerprint density at radius 2 is 2.22 bits per heavy atom. The minimum absolute atomic E-state index is 0.0257. The summed E-state index contributed by atoms with van der Waals surface area (Å²) in [6.45, 7) is 2.97. The van der Waals surface area contributed by atoms with E-state index in [-0.39, 0.29) is 29.2 Å². The van der Waals surface area contributed by atoms with Crippen LogP contribution in [0.5, 0.6) is 0 Å². The van der Waals surface area contributed by atoms with Gasteiger partial charge in [0.1, 0.15) is 6.04 Å². The summed E-state index contributed by atoms with van der Waals surface area (Å²) in [5.74, 6) is 0.00402. The Morgan fingerprint density at radius 3 is 2.89 bits per heavy atom. The molecule has 0 bridgehead atoms. The third-order valence-corrected chi connectivity index (χ3v) is 5.29. The minimum atomic E-state index is -0.682. The van der Waals surface area contributed by atoms with Gasteiger partial charge >= 0.3 is 0 Å². The lowest BCUT2D eigenvalue weighted by molar-refractivity contribution is -0.384. The van der Waals surface area contributed by atoms with E-state index in [2.05, 4.69) is 16.0 Å². The fourth-order valence-corrected chi connectivity index (χ4v) is 3.50. The van der Waals surface area contributed by atoms with Gasteiger partial charge in [-0.2, -0.15) is 11.8 Å². The van der Waals surface area contributed by atoms with E-state index in [0.717, 1.165) is 19.4 Å². The van der Waals surface area contributed by atoms with Crippen LogP contribution in [-0.2, 0) is 4.79 Å². The smallest absolute Gasteiger partial charge is 0.270 e. The van der Waals surface area contributed by atoms with Gasteiger partial charge in [0.05, 0.1) is 4.92 Å². The van der Waals surface area contributed by atoms with Crippen LogP contribution in [0.3, 0.4) is 0 Å². The van der Waals surface area contributed by atoms with Gasteiger partial charge in [-0.3, -0.25) is 19.7 Å². The van der Waals surface area contributed by atoms with Gasteiger partial charge in [0.2, 0.25) is 5.91 Å². The Bertz CT molecular complexity index is 685. The lowest BCUT2D eigenvalue weighted by Crippen LogP contribution is -2.56. The van der Waals surface area contributed by atoms with Gasteiger partial charge in [0, 0.05) is 29.8 Å². The highest BCUT2D eigenvalue weighted by Crippen LogP contribution is 2.14. The number of rotatable bonds is 8. The molecule has 8 nitrogen and oxygen atoms in total. The van der Waals surface area contributed by atoms with E-state index in [4.69, 9.17) is 0 Å². The van der Waals surface area contributed by atoms with E-state index in [1.807, 2.05) is 13.2 Å². The summed E-state index contributed by atoms with van der Waals surface area (Å²) in [6, 6.07) is 5.02. The number of thioether (sulfide) groups is 1. The maximum absolute atomic E-state index is 12.7. The molecule has 1 aromatic carbocycles. The van der Waals surface area contributed by atoms with E-state index in [1.165, 1.54) is 24.3 Å². The maximum Gasteiger partial charge on any atom is 0.270 e. The SMILES string of the molecule is CSCCC(NC(=O)c1cccc([N+](=O)[O-])c1)C(=O)NC1CCCNC1C. The molecule has 0 aliphatic carbocycles. The van der Waals surface area contributed by atoms with Crippen LogP contribution in [0.15, 0.2) is 24.3 Å². The van der Waals surface area contributed by atoms with Crippen molar-refractivity contribution < 1.29 is 14.5 Å². The second-order valence-corrected chi connectivity index (χ2v) is 7.60. The fraction of sp³-hybridized carbons (Fsp3) is 0.556. The Morgan fingerprint density at radius 1 is 1.44 bits per heavy atom. The predicted molar refractivity (Wildman–Crippen MR) is 106 cm³/mol. The third kappa shape index (κ3) is 6.21. The number of hydrogen-bond acceptors (Lipinski definition) is 6. The highest BCUT2D eigenvalue weighted by molar-refractivity contribution is 7.98. The van der Waals surface area contributed by atoms with Gasteiger partial charge in [0.15, 0.2) is 0 Å². The molecule has 27 heavy (non-hydrogen) atoms. The minimum Gasteiger partial charge on any atom is -0.350 e. The highest BCUT2D eigenvalue weighted by atomic mass is 32.2. The van der Waals surface area contributed by atoms with Crippen LogP contribution in [-0.4, -0.2) is 53.4 Å². The molecular weight excluding hydrogens is 368 g/mol. The molecule has 0 radical (unpaired) electrons. The molecule has 2 amide bonds. The lowest BCUT2D eigenvalue weighted by atomic mass is 9.99. The molecule has 1 heterocycles. The molecular formula is C18H26N4O4S. The Kier molecular flexibility index (Phi) is 8.05. The van der Waals surface area contributed by atoms with Gasteiger partial charge in [0.25, 0.3) is 11.6 Å². The summed E-state index contributed by atoms with van der Waals surface area (Å²) < 4.78 is 0. The van der Waals surface area contributed by atoms with Gasteiger partial charge in [-0.05, 0) is 50.8 Å². The number of nitro groups is 1. The van der Waals surface area contributed by atoms with Crippen molar-refractivity contribution in [1.29, 1.82) is 0 Å². The van der Waals surface area contributed by atoms with Crippen LogP contribution in [0.2, 0.25) is 0 Å². The second-order valence-electron chi connectivity index (χ2n) is 6.62. The number of piperidine rings is 1. The van der Waals surface area contributed by atoms with Gasteiger partial charge in [-0.1, -0.05) is 6.07 Å². The summed E-state index contributed by atoms with van der Waals surface area (Å²) in [6.07, 6.45) is 4.31. The molecule has 9 heteroatoms. The Hall–Kier alpha value is -2.13. The van der Waals surface area contributed by atoms with Crippen molar-refractivity contribution in [1.82, 2.24) is 16.0 Å². The van der Waals surface area contributed by atoms with E-state index in [0.29, 0.717) is 12.2 Å². The highest BCUT2D eigenvalue weighted by Gasteiger charge is 2.27. The van der Waals surface area contributed by atoms with Crippen LogP contribution >= 0.6 is 11.8 Å². The number of amides is 2. The average molecular weight is 394 g/mol. The van der Waals surface area contributed by atoms with E-state index < -0.39 is 16.9 Å². The van der Waals surface area contributed by atoms with E-state index in [1.54, 1.807) is 11.8 Å². The van der Waals surface area contributed by atoms with Crippen LogP contribution in [0, 0.1) is 10.1 Å². The van der Waals surface area contributed by atoms with Gasteiger partial charge in [-0.25, -0.2) is 0 Å². The first-order valence-electron chi connectivity index (χ1n) is 9.00. The van der Waals surface area contributed by atoms with E-state index >= 15 is 0 Å². The molecule has 3 atom stereocenters. The van der Waals surface area contributed by atoms with Gasteiger partial charge in [-0.15, -0.1) is 0 Å². The van der Waals surface area contributed by atoms with Crippen molar-refractivity contribution in [3.8, 4) is 0 Å². The molecule has 1 aliphatic heterocycles. The van der Waals surface area contributed by atoms with Gasteiger partial charge < -0.3 is 16.0 Å². The topological polar surface area (TPSA) is 113 Å². The predicted octanol–water partition coefficient (Wildman–Crippen LogP) is 1.70. The first kappa shape index (κ1) is 21.2. The molecule has 148 valence electrons. The molecule has 1 saturated heterocycles. The van der Waals surface area contributed by atoms with Crippen molar-refractivity contribution in [2.45, 2.75) is 44.3 Å². The van der Waals surface area contributed by atoms with Crippen molar-refractivity contribution >= 4 is 29.3 Å². The van der Waals surface area contributed by atoms with Crippen molar-refractivity contribution in [3.05, 3.63) is 39.9 Å². The zero-order chi connectivity index (χ0) is 19.8. The Labute approximate surface area is 163 Å². The Balaban J connectivity index is 2.06. The quantitative estimate of drug-likeness (QED) is 0.457. The van der Waals surface area contributed by atoms with E-state index in [9.17, 15) is 19.7 Å². The first-order valence-corrected chi connectivity index (χ1v) is 10.4. The van der Waals surface area contributed by atoms with Crippen molar-refractivity contribution in [2.75, 3.05) is 18.6 Å². The second kappa shape index (κ2) is 10.3. The number of carbonyl (C=O) groups excluding carboxylic acids is 2. The van der Waals surface area contributed by atoms with Crippen LogP contribution in [0.25, 0.3) is 0 Å². The van der Waals surface area contributed by atoms with Crippen molar-refractivity contribution in [3.63, 3.8) is 0 Å². The number of carbonyl (C=O) groups is 2. The number of non-ortho nitro benzene ring substituents is 1. The zero-order valence-corrected chi connectivity index (χ0v) is 16.4. The van der Waals surface area contributed by atoms with Crippen molar-refractivity contribution in [2.24, 2.45) is 0 Å². The molecule has 0 saturated carbocycles. The number of nitrogens with zero attached hydrogens (tertiary/aromatic N) is 1. The number of benzene rings is 1. The molecule has 0 spiro atoms. The summed E-state index contributed by atoms with van der Waals surface area (Å²) in [5.41, 5.74) is 0.00808. The molecule has 1 aliphatic rings. The van der Waals surface area contributed by atoms with Crippen LogP contribution in [0.4, 0.5) is 5.69 Å². The normalized spacial score (nSPS) is 20.5. The zero-order valence-electron chi connectivity index (χ0n) is 15.6. The number of nitro benzene ring substituents is 1. The molecule has 0 aromatic heterocycles. The third-order valence-electron chi connectivity index (χ3n) is 4.64. The summed E-state index contributed by atoms with van der Waals surface area (Å²) in [5, 5.41) is 20.0. The average Bonchev–Trinajstić information content (AvgIpc) is 2.66. The molecule has 1 fully saturated rings. The van der Waals surface area contributed by atoms with Crippen LogP contribution < -0.4 is 16.0 Å². The molecule has 3 unspecified atom stereocenters. The largest absolute Gasteiger partial charge is 0.350 e. The molecule has 2 rings (SSSR count). The molecule has 1 aromatic rings.